The van der Waals surface area contributed by atoms with E-state index in [0.717, 1.165) is 26.0 Å². The van der Waals surface area contributed by atoms with Crippen molar-refractivity contribution in [3.63, 3.8) is 0 Å². The minimum Gasteiger partial charge on any atom is -0.465 e. The molecule has 0 fully saturated rings. The Morgan fingerprint density at radius 1 is 1.05 bits per heavy atom. The maximum atomic E-state index is 11.9. The van der Waals surface area contributed by atoms with Crippen LogP contribution < -0.4 is 5.32 Å². The first-order chi connectivity index (χ1) is 9.10. The lowest BCUT2D eigenvalue weighted by atomic mass is 10.0. The summed E-state index contributed by atoms with van der Waals surface area (Å²) in [7, 11) is 0. The van der Waals surface area contributed by atoms with E-state index in [1.165, 1.54) is 0 Å². The average molecular weight is 275 g/mol. The first-order valence-electron chi connectivity index (χ1n) is 7.18. The second-order valence-electron chi connectivity index (χ2n) is 4.64. The smallest absolute Gasteiger partial charge is 0.328 e. The SMILES string of the molecule is CCCNC(C)(COCCOCCC)C(=O)OCC. The fourth-order valence-corrected chi connectivity index (χ4v) is 1.51. The van der Waals surface area contributed by atoms with Gasteiger partial charge in [-0.05, 0) is 33.2 Å². The maximum absolute atomic E-state index is 11.9. The fourth-order valence-electron chi connectivity index (χ4n) is 1.51. The topological polar surface area (TPSA) is 56.8 Å². The van der Waals surface area contributed by atoms with E-state index < -0.39 is 5.54 Å². The van der Waals surface area contributed by atoms with Gasteiger partial charge in [0.15, 0.2) is 0 Å². The Balaban J connectivity index is 4.08. The van der Waals surface area contributed by atoms with Crippen LogP contribution in [0.5, 0.6) is 0 Å². The van der Waals surface area contributed by atoms with Crippen LogP contribution in [0.1, 0.15) is 40.5 Å². The third-order valence-corrected chi connectivity index (χ3v) is 2.60. The predicted octanol–water partition coefficient (Wildman–Crippen LogP) is 1.75. The Bertz CT molecular complexity index is 235. The molecule has 1 N–H and O–H groups in total. The van der Waals surface area contributed by atoms with Crippen LogP contribution >= 0.6 is 0 Å². The highest BCUT2D eigenvalue weighted by atomic mass is 16.5. The summed E-state index contributed by atoms with van der Waals surface area (Å²) in [5, 5.41) is 3.19. The van der Waals surface area contributed by atoms with Crippen LogP contribution in [0.4, 0.5) is 0 Å². The van der Waals surface area contributed by atoms with Gasteiger partial charge in [0.25, 0.3) is 0 Å². The minimum atomic E-state index is -0.781. The van der Waals surface area contributed by atoms with E-state index in [1.807, 2.05) is 6.92 Å². The van der Waals surface area contributed by atoms with E-state index >= 15 is 0 Å². The summed E-state index contributed by atoms with van der Waals surface area (Å²) in [6.07, 6.45) is 1.95. The molecule has 19 heavy (non-hydrogen) atoms. The normalized spacial score (nSPS) is 14.1. The zero-order valence-electron chi connectivity index (χ0n) is 12.8. The van der Waals surface area contributed by atoms with E-state index in [4.69, 9.17) is 14.2 Å². The molecule has 0 aromatic rings. The summed E-state index contributed by atoms with van der Waals surface area (Å²) < 4.78 is 15.9. The summed E-state index contributed by atoms with van der Waals surface area (Å²) in [5.41, 5.74) is -0.781. The molecule has 0 aliphatic rings. The molecule has 0 aliphatic heterocycles. The molecule has 0 radical (unpaired) electrons. The third-order valence-electron chi connectivity index (χ3n) is 2.60. The summed E-state index contributed by atoms with van der Waals surface area (Å²) in [5.74, 6) is -0.266. The molecule has 0 amide bonds. The van der Waals surface area contributed by atoms with Crippen LogP contribution in [0, 0.1) is 0 Å². The van der Waals surface area contributed by atoms with Crippen molar-refractivity contribution in [2.24, 2.45) is 0 Å². The average Bonchev–Trinajstić information content (AvgIpc) is 2.40. The lowest BCUT2D eigenvalue weighted by Gasteiger charge is -2.28. The van der Waals surface area contributed by atoms with E-state index in [9.17, 15) is 4.79 Å². The maximum Gasteiger partial charge on any atom is 0.328 e. The fraction of sp³-hybridized carbons (Fsp3) is 0.929. The van der Waals surface area contributed by atoms with Crippen molar-refractivity contribution in [2.75, 3.05) is 39.6 Å². The molecule has 0 aliphatic carbocycles. The first kappa shape index (κ1) is 18.4. The van der Waals surface area contributed by atoms with Gasteiger partial charge in [-0.25, -0.2) is 4.79 Å². The summed E-state index contributed by atoms with van der Waals surface area (Å²) in [4.78, 5) is 11.9. The molecule has 0 bridgehead atoms. The van der Waals surface area contributed by atoms with Gasteiger partial charge in [0, 0.05) is 6.61 Å². The van der Waals surface area contributed by atoms with Gasteiger partial charge in [-0.15, -0.1) is 0 Å². The highest BCUT2D eigenvalue weighted by Gasteiger charge is 2.34. The van der Waals surface area contributed by atoms with Crippen molar-refractivity contribution in [3.8, 4) is 0 Å². The standard InChI is InChI=1S/C14H29NO4/c1-5-8-15-14(4,13(16)19-7-3)12-18-11-10-17-9-6-2/h15H,5-12H2,1-4H3. The molecule has 5 nitrogen and oxygen atoms in total. The Morgan fingerprint density at radius 3 is 2.32 bits per heavy atom. The number of carbonyl (C=O) groups is 1. The Morgan fingerprint density at radius 2 is 1.74 bits per heavy atom. The van der Waals surface area contributed by atoms with Crippen molar-refractivity contribution in [2.45, 2.75) is 46.1 Å². The van der Waals surface area contributed by atoms with E-state index in [-0.39, 0.29) is 5.97 Å². The Hall–Kier alpha value is -0.650. The summed E-state index contributed by atoms with van der Waals surface area (Å²) >= 11 is 0. The number of esters is 1. The molecule has 0 aromatic heterocycles. The second kappa shape index (κ2) is 11.2. The summed E-state index contributed by atoms with van der Waals surface area (Å²) in [6.45, 7) is 10.9. The molecule has 0 heterocycles. The Labute approximate surface area is 117 Å². The van der Waals surface area contributed by atoms with E-state index in [0.29, 0.717) is 26.4 Å². The molecule has 1 unspecified atom stereocenters. The van der Waals surface area contributed by atoms with Gasteiger partial charge < -0.3 is 19.5 Å². The number of nitrogens with one attached hydrogen (secondary N) is 1. The monoisotopic (exact) mass is 275 g/mol. The number of carbonyl (C=O) groups excluding carboxylic acids is 1. The molecule has 0 saturated carbocycles. The third kappa shape index (κ3) is 8.18. The highest BCUT2D eigenvalue weighted by molar-refractivity contribution is 5.80. The van der Waals surface area contributed by atoms with Gasteiger partial charge in [-0.1, -0.05) is 13.8 Å². The zero-order chi connectivity index (χ0) is 14.6. The molecule has 0 saturated heterocycles. The van der Waals surface area contributed by atoms with Crippen molar-refractivity contribution in [3.05, 3.63) is 0 Å². The zero-order valence-corrected chi connectivity index (χ0v) is 12.8. The highest BCUT2D eigenvalue weighted by Crippen LogP contribution is 2.08. The van der Waals surface area contributed by atoms with Crippen molar-refractivity contribution in [1.82, 2.24) is 5.32 Å². The van der Waals surface area contributed by atoms with Crippen LogP contribution in [0.3, 0.4) is 0 Å². The lowest BCUT2D eigenvalue weighted by Crippen LogP contribution is -2.54. The van der Waals surface area contributed by atoms with Gasteiger partial charge in [-0.3, -0.25) is 0 Å². The first-order valence-corrected chi connectivity index (χ1v) is 7.18. The molecule has 5 heteroatoms. The van der Waals surface area contributed by atoms with Gasteiger partial charge in [0.1, 0.15) is 5.54 Å². The molecule has 1 atom stereocenters. The van der Waals surface area contributed by atoms with E-state index in [1.54, 1.807) is 6.92 Å². The number of hydrogen-bond acceptors (Lipinski definition) is 5. The van der Waals surface area contributed by atoms with Crippen LogP contribution in [0.2, 0.25) is 0 Å². The number of rotatable bonds is 12. The molecule has 114 valence electrons. The van der Waals surface area contributed by atoms with Crippen LogP contribution in [0.25, 0.3) is 0 Å². The van der Waals surface area contributed by atoms with Gasteiger partial charge in [0.2, 0.25) is 0 Å². The van der Waals surface area contributed by atoms with Gasteiger partial charge >= 0.3 is 5.97 Å². The van der Waals surface area contributed by atoms with Crippen LogP contribution in [0.15, 0.2) is 0 Å². The molecule has 0 spiro atoms. The Kier molecular flexibility index (Phi) is 10.8. The van der Waals surface area contributed by atoms with Crippen LogP contribution in [-0.2, 0) is 19.0 Å². The van der Waals surface area contributed by atoms with E-state index in [2.05, 4.69) is 19.2 Å². The van der Waals surface area contributed by atoms with Crippen molar-refractivity contribution < 1.29 is 19.0 Å². The molecular formula is C14H29NO4. The number of hydrogen-bond donors (Lipinski definition) is 1. The van der Waals surface area contributed by atoms with Gasteiger partial charge in [-0.2, -0.15) is 0 Å². The minimum absolute atomic E-state index is 0.266. The number of ether oxygens (including phenoxy) is 3. The van der Waals surface area contributed by atoms with Crippen molar-refractivity contribution >= 4 is 5.97 Å². The lowest BCUT2D eigenvalue weighted by molar-refractivity contribution is -0.153. The van der Waals surface area contributed by atoms with Crippen molar-refractivity contribution in [1.29, 1.82) is 0 Å². The quantitative estimate of drug-likeness (QED) is 0.434. The summed E-state index contributed by atoms with van der Waals surface area (Å²) in [6, 6.07) is 0. The predicted molar refractivity (Wildman–Crippen MR) is 75.3 cm³/mol. The van der Waals surface area contributed by atoms with Gasteiger partial charge in [0.05, 0.1) is 26.4 Å². The second-order valence-corrected chi connectivity index (χ2v) is 4.64. The van der Waals surface area contributed by atoms with Crippen LogP contribution in [-0.4, -0.2) is 51.1 Å². The molecule has 0 aromatic carbocycles. The largest absolute Gasteiger partial charge is 0.465 e. The molecular weight excluding hydrogens is 246 g/mol. The molecule has 0 rings (SSSR count).